The van der Waals surface area contributed by atoms with Crippen molar-refractivity contribution in [2.75, 3.05) is 5.75 Å². The van der Waals surface area contributed by atoms with Gasteiger partial charge in [0.1, 0.15) is 17.4 Å². The van der Waals surface area contributed by atoms with Crippen LogP contribution >= 0.6 is 0 Å². The normalized spacial score (nSPS) is 23.0. The Balaban J connectivity index is 2.16. The fourth-order valence-corrected chi connectivity index (χ4v) is 4.70. The maximum atomic E-state index is 13.5. The van der Waals surface area contributed by atoms with Crippen LogP contribution in [0, 0.1) is 17.6 Å². The summed E-state index contributed by atoms with van der Waals surface area (Å²) in [5.41, 5.74) is -0.498. The van der Waals surface area contributed by atoms with Crippen LogP contribution in [-0.4, -0.2) is 25.2 Å². The highest BCUT2D eigenvalue weighted by atomic mass is 32.2. The summed E-state index contributed by atoms with van der Waals surface area (Å²) < 4.78 is 51.1. The number of carbonyl (C=O) groups is 1. The molecule has 1 saturated carbocycles. The van der Waals surface area contributed by atoms with Gasteiger partial charge in [0.2, 0.25) is 0 Å². The topological polar surface area (TPSA) is 51.2 Å². The van der Waals surface area contributed by atoms with Crippen LogP contribution in [0.1, 0.15) is 43.0 Å². The fourth-order valence-electron chi connectivity index (χ4n) is 2.79. The van der Waals surface area contributed by atoms with E-state index in [0.29, 0.717) is 18.8 Å². The molecule has 1 fully saturated rings. The molecule has 2 unspecified atom stereocenters. The van der Waals surface area contributed by atoms with E-state index in [1.54, 1.807) is 0 Å². The summed E-state index contributed by atoms with van der Waals surface area (Å²) in [5, 5.41) is -0.554. The lowest BCUT2D eigenvalue weighted by atomic mass is 9.91. The highest BCUT2D eigenvalue weighted by molar-refractivity contribution is 7.92. The summed E-state index contributed by atoms with van der Waals surface area (Å²) in [6.07, 6.45) is 2.86. The Morgan fingerprint density at radius 3 is 2.67 bits per heavy atom. The van der Waals surface area contributed by atoms with Crippen molar-refractivity contribution in [3.8, 4) is 0 Å². The van der Waals surface area contributed by atoms with Crippen molar-refractivity contribution in [2.24, 2.45) is 5.92 Å². The van der Waals surface area contributed by atoms with E-state index in [4.69, 9.17) is 0 Å². The van der Waals surface area contributed by atoms with Gasteiger partial charge >= 0.3 is 0 Å². The number of hydrogen-bond acceptors (Lipinski definition) is 3. The molecule has 0 heterocycles. The van der Waals surface area contributed by atoms with Gasteiger partial charge in [-0.25, -0.2) is 17.2 Å². The quantitative estimate of drug-likeness (QED) is 0.802. The van der Waals surface area contributed by atoms with Crippen molar-refractivity contribution in [3.63, 3.8) is 0 Å². The first-order valence-corrected chi connectivity index (χ1v) is 8.71. The van der Waals surface area contributed by atoms with Crippen molar-refractivity contribution in [3.05, 3.63) is 35.4 Å². The Kier molecular flexibility index (Phi) is 4.76. The van der Waals surface area contributed by atoms with Crippen LogP contribution < -0.4 is 0 Å². The second-order valence-electron chi connectivity index (χ2n) is 5.75. The predicted molar refractivity (Wildman–Crippen MR) is 75.9 cm³/mol. The first kappa shape index (κ1) is 16.1. The third-order valence-corrected chi connectivity index (χ3v) is 6.07. The molecule has 0 bridgehead atoms. The van der Waals surface area contributed by atoms with Crippen LogP contribution in [0.25, 0.3) is 0 Å². The Morgan fingerprint density at radius 1 is 1.29 bits per heavy atom. The third kappa shape index (κ3) is 3.87. The smallest absolute Gasteiger partial charge is 0.180 e. The van der Waals surface area contributed by atoms with Crippen LogP contribution in [0.15, 0.2) is 18.2 Å². The molecule has 0 aromatic heterocycles. The van der Waals surface area contributed by atoms with Crippen molar-refractivity contribution < 1.29 is 22.0 Å². The fraction of sp³-hybridized carbons (Fsp3) is 0.533. The molecule has 2 atom stereocenters. The summed E-state index contributed by atoms with van der Waals surface area (Å²) >= 11 is 0. The highest BCUT2D eigenvalue weighted by Gasteiger charge is 2.32. The monoisotopic (exact) mass is 316 g/mol. The summed E-state index contributed by atoms with van der Waals surface area (Å²) in [6, 6.07) is 2.47. The largest absolute Gasteiger partial charge is 0.293 e. The SMILES string of the molecule is CC1CCCC(S(=O)(=O)CC(=O)c2cc(F)ccc2F)C1. The predicted octanol–water partition coefficient (Wildman–Crippen LogP) is 3.14. The van der Waals surface area contributed by atoms with E-state index in [-0.39, 0.29) is 0 Å². The molecule has 0 saturated heterocycles. The number of carbonyl (C=O) groups excluding carboxylic acids is 1. The Morgan fingerprint density at radius 2 is 2.00 bits per heavy atom. The first-order valence-electron chi connectivity index (χ1n) is 6.99. The number of halogens is 2. The minimum Gasteiger partial charge on any atom is -0.293 e. The minimum atomic E-state index is -3.63. The van der Waals surface area contributed by atoms with E-state index in [1.165, 1.54) is 0 Å². The van der Waals surface area contributed by atoms with Crippen molar-refractivity contribution >= 4 is 15.6 Å². The number of Topliss-reactive ketones (excluding diaryl/α,β-unsaturated/α-hetero) is 1. The maximum Gasteiger partial charge on any atom is 0.180 e. The second kappa shape index (κ2) is 6.22. The lowest BCUT2D eigenvalue weighted by molar-refractivity contribution is 0.101. The lowest BCUT2D eigenvalue weighted by Gasteiger charge is -2.26. The molecule has 116 valence electrons. The summed E-state index contributed by atoms with van der Waals surface area (Å²) in [6.45, 7) is 1.98. The maximum absolute atomic E-state index is 13.5. The van der Waals surface area contributed by atoms with Gasteiger partial charge in [-0.15, -0.1) is 0 Å². The van der Waals surface area contributed by atoms with Gasteiger partial charge in [-0.1, -0.05) is 19.8 Å². The molecule has 2 rings (SSSR count). The highest BCUT2D eigenvalue weighted by Crippen LogP contribution is 2.29. The molecular weight excluding hydrogens is 298 g/mol. The van der Waals surface area contributed by atoms with E-state index in [2.05, 4.69) is 0 Å². The molecular formula is C15H18F2O3S. The summed E-state index contributed by atoms with van der Waals surface area (Å²) in [5.74, 6) is -2.99. The number of sulfone groups is 1. The van der Waals surface area contributed by atoms with Gasteiger partial charge < -0.3 is 0 Å². The summed E-state index contributed by atoms with van der Waals surface area (Å²) in [7, 11) is -3.63. The molecule has 1 aromatic rings. The average molecular weight is 316 g/mol. The second-order valence-corrected chi connectivity index (χ2v) is 8.03. The van der Waals surface area contributed by atoms with E-state index in [0.717, 1.165) is 31.0 Å². The van der Waals surface area contributed by atoms with E-state index < -0.39 is 43.8 Å². The first-order chi connectivity index (χ1) is 9.79. The molecule has 1 aromatic carbocycles. The third-order valence-electron chi connectivity index (χ3n) is 3.96. The number of ketones is 1. The lowest BCUT2D eigenvalue weighted by Crippen LogP contribution is -2.32. The van der Waals surface area contributed by atoms with Crippen molar-refractivity contribution in [2.45, 2.75) is 37.9 Å². The van der Waals surface area contributed by atoms with Gasteiger partial charge in [0.25, 0.3) is 0 Å². The molecule has 0 spiro atoms. The number of benzene rings is 1. The molecule has 0 radical (unpaired) electrons. The van der Waals surface area contributed by atoms with Crippen molar-refractivity contribution in [1.29, 1.82) is 0 Å². The number of hydrogen-bond donors (Lipinski definition) is 0. The molecule has 6 heteroatoms. The van der Waals surface area contributed by atoms with Crippen LogP contribution in [0.3, 0.4) is 0 Å². The molecule has 1 aliphatic carbocycles. The molecule has 0 N–H and O–H groups in total. The van der Waals surface area contributed by atoms with Crippen LogP contribution in [0.2, 0.25) is 0 Å². The molecule has 3 nitrogen and oxygen atoms in total. The van der Waals surface area contributed by atoms with E-state index in [1.807, 2.05) is 6.92 Å². The van der Waals surface area contributed by atoms with Gasteiger partial charge in [-0.3, -0.25) is 4.79 Å². The molecule has 0 amide bonds. The van der Waals surface area contributed by atoms with Crippen molar-refractivity contribution in [1.82, 2.24) is 0 Å². The average Bonchev–Trinajstić information content (AvgIpc) is 2.41. The van der Waals surface area contributed by atoms with E-state index in [9.17, 15) is 22.0 Å². The van der Waals surface area contributed by atoms with Gasteiger partial charge in [0.05, 0.1) is 10.8 Å². The molecule has 0 aliphatic heterocycles. The Labute approximate surface area is 123 Å². The van der Waals surface area contributed by atoms with Crippen LogP contribution in [-0.2, 0) is 9.84 Å². The minimum absolute atomic E-state index is 0.305. The number of rotatable bonds is 4. The van der Waals surface area contributed by atoms with Gasteiger partial charge in [0, 0.05) is 0 Å². The Hall–Kier alpha value is -1.30. The standard InChI is InChI=1S/C15H18F2O3S/c1-10-3-2-4-12(7-10)21(19,20)9-15(18)13-8-11(16)5-6-14(13)17/h5-6,8,10,12H,2-4,7,9H2,1H3. The molecule has 1 aliphatic rings. The van der Waals surface area contributed by atoms with E-state index >= 15 is 0 Å². The van der Waals surface area contributed by atoms with Gasteiger partial charge in [0.15, 0.2) is 15.6 Å². The zero-order valence-corrected chi connectivity index (χ0v) is 12.6. The van der Waals surface area contributed by atoms with Gasteiger partial charge in [-0.2, -0.15) is 0 Å². The summed E-state index contributed by atoms with van der Waals surface area (Å²) in [4.78, 5) is 12.0. The van der Waals surface area contributed by atoms with Gasteiger partial charge in [-0.05, 0) is 37.0 Å². The zero-order chi connectivity index (χ0) is 15.6. The zero-order valence-electron chi connectivity index (χ0n) is 11.8. The van der Waals surface area contributed by atoms with Crippen LogP contribution in [0.5, 0.6) is 0 Å². The molecule has 21 heavy (non-hydrogen) atoms. The van der Waals surface area contributed by atoms with Crippen LogP contribution in [0.4, 0.5) is 8.78 Å². The Bertz CT molecular complexity index is 640.